The number of thioether (sulfide) groups is 1. The SMILES string of the molecule is COc1cccc(N2CCN(C(=O)CSc3ncnc4sccc34)CC2)c1. The third kappa shape index (κ3) is 4.01. The Kier molecular flexibility index (Phi) is 5.45. The molecule has 0 aliphatic carbocycles. The fraction of sp³-hybridized carbons (Fsp3) is 0.316. The van der Waals surface area contributed by atoms with Gasteiger partial charge in [-0.05, 0) is 23.6 Å². The summed E-state index contributed by atoms with van der Waals surface area (Å²) in [6, 6.07) is 10.1. The van der Waals surface area contributed by atoms with Crippen LogP contribution >= 0.6 is 23.1 Å². The van der Waals surface area contributed by atoms with E-state index in [0.717, 1.165) is 52.9 Å². The number of benzene rings is 1. The summed E-state index contributed by atoms with van der Waals surface area (Å²) in [5.41, 5.74) is 1.14. The molecule has 0 saturated carbocycles. The van der Waals surface area contributed by atoms with Gasteiger partial charge in [0.1, 0.15) is 21.9 Å². The lowest BCUT2D eigenvalue weighted by atomic mass is 10.2. The molecule has 6 nitrogen and oxygen atoms in total. The Bertz CT molecular complexity index is 938. The maximum absolute atomic E-state index is 12.6. The predicted molar refractivity (Wildman–Crippen MR) is 110 cm³/mol. The van der Waals surface area contributed by atoms with Crippen LogP contribution in [0.4, 0.5) is 5.69 Å². The van der Waals surface area contributed by atoms with Crippen molar-refractivity contribution in [3.05, 3.63) is 42.0 Å². The number of hydrogen-bond acceptors (Lipinski definition) is 7. The van der Waals surface area contributed by atoms with Crippen molar-refractivity contribution in [3.63, 3.8) is 0 Å². The standard InChI is InChI=1S/C19H20N4O2S2/c1-25-15-4-2-3-14(11-15)22-6-8-23(9-7-22)17(24)12-27-19-16-5-10-26-18(16)20-13-21-19/h2-5,10-11,13H,6-9,12H2,1H3. The van der Waals surface area contributed by atoms with E-state index >= 15 is 0 Å². The first kappa shape index (κ1) is 18.1. The highest BCUT2D eigenvalue weighted by molar-refractivity contribution is 8.00. The molecule has 27 heavy (non-hydrogen) atoms. The van der Waals surface area contributed by atoms with Crippen LogP contribution in [0.15, 0.2) is 47.1 Å². The second-order valence-electron chi connectivity index (χ2n) is 6.18. The first-order valence-electron chi connectivity index (χ1n) is 8.72. The molecular weight excluding hydrogens is 380 g/mol. The number of amides is 1. The first-order chi connectivity index (χ1) is 13.2. The molecule has 0 bridgehead atoms. The van der Waals surface area contributed by atoms with Gasteiger partial charge in [0.25, 0.3) is 0 Å². The summed E-state index contributed by atoms with van der Waals surface area (Å²) in [6.45, 7) is 3.11. The molecule has 0 unspecified atom stereocenters. The van der Waals surface area contributed by atoms with Crippen molar-refractivity contribution < 1.29 is 9.53 Å². The number of thiophene rings is 1. The van der Waals surface area contributed by atoms with Crippen molar-refractivity contribution in [2.75, 3.05) is 43.9 Å². The molecule has 1 amide bonds. The molecule has 0 radical (unpaired) electrons. The summed E-state index contributed by atoms with van der Waals surface area (Å²) in [4.78, 5) is 26.4. The number of carbonyl (C=O) groups excluding carboxylic acids is 1. The van der Waals surface area contributed by atoms with Gasteiger partial charge in [0.15, 0.2) is 0 Å². The van der Waals surface area contributed by atoms with Crippen molar-refractivity contribution in [2.45, 2.75) is 5.03 Å². The molecule has 2 aromatic heterocycles. The van der Waals surface area contributed by atoms with E-state index in [1.54, 1.807) is 24.8 Å². The second-order valence-corrected chi connectivity index (χ2v) is 8.03. The van der Waals surface area contributed by atoms with Crippen LogP contribution in [0.25, 0.3) is 10.2 Å². The third-order valence-corrected chi connectivity index (χ3v) is 6.42. The molecular formula is C19H20N4O2S2. The summed E-state index contributed by atoms with van der Waals surface area (Å²) < 4.78 is 5.30. The number of nitrogens with zero attached hydrogens (tertiary/aromatic N) is 4. The molecule has 1 fully saturated rings. The van der Waals surface area contributed by atoms with Crippen LogP contribution in [0.1, 0.15) is 0 Å². The lowest BCUT2D eigenvalue weighted by Crippen LogP contribution is -2.49. The minimum Gasteiger partial charge on any atom is -0.497 e. The maximum Gasteiger partial charge on any atom is 0.233 e. The fourth-order valence-corrected chi connectivity index (χ4v) is 4.81. The zero-order valence-corrected chi connectivity index (χ0v) is 16.6. The van der Waals surface area contributed by atoms with Crippen LogP contribution in [0.3, 0.4) is 0 Å². The molecule has 1 aliphatic rings. The van der Waals surface area contributed by atoms with E-state index in [9.17, 15) is 4.79 Å². The van der Waals surface area contributed by atoms with Gasteiger partial charge in [-0.3, -0.25) is 4.79 Å². The number of carbonyl (C=O) groups is 1. The third-order valence-electron chi connectivity index (χ3n) is 4.61. The molecule has 8 heteroatoms. The molecule has 140 valence electrons. The van der Waals surface area contributed by atoms with Crippen LogP contribution in [-0.2, 0) is 4.79 Å². The summed E-state index contributed by atoms with van der Waals surface area (Å²) in [7, 11) is 1.68. The van der Waals surface area contributed by atoms with Crippen molar-refractivity contribution >= 4 is 44.9 Å². The van der Waals surface area contributed by atoms with Crippen molar-refractivity contribution in [3.8, 4) is 5.75 Å². The van der Waals surface area contributed by atoms with Crippen LogP contribution in [0.2, 0.25) is 0 Å². The van der Waals surface area contributed by atoms with Crippen LogP contribution < -0.4 is 9.64 Å². The highest BCUT2D eigenvalue weighted by atomic mass is 32.2. The van der Waals surface area contributed by atoms with Gasteiger partial charge in [-0.15, -0.1) is 11.3 Å². The fourth-order valence-electron chi connectivity index (χ4n) is 3.12. The molecule has 0 atom stereocenters. The van der Waals surface area contributed by atoms with Gasteiger partial charge in [0.05, 0.1) is 12.9 Å². The summed E-state index contributed by atoms with van der Waals surface area (Å²) in [6.07, 6.45) is 1.57. The number of hydrogen-bond donors (Lipinski definition) is 0. The Morgan fingerprint density at radius 2 is 2.07 bits per heavy atom. The van der Waals surface area contributed by atoms with E-state index in [1.165, 1.54) is 11.8 Å². The van der Waals surface area contributed by atoms with E-state index in [-0.39, 0.29) is 5.91 Å². The van der Waals surface area contributed by atoms with Crippen LogP contribution in [-0.4, -0.2) is 59.8 Å². The van der Waals surface area contributed by atoms with Crippen molar-refractivity contribution in [1.82, 2.24) is 14.9 Å². The molecule has 3 aromatic rings. The monoisotopic (exact) mass is 400 g/mol. The van der Waals surface area contributed by atoms with E-state index in [4.69, 9.17) is 4.74 Å². The summed E-state index contributed by atoms with van der Waals surface area (Å²) >= 11 is 3.08. The number of fused-ring (bicyclic) bond motifs is 1. The number of piperazine rings is 1. The molecule has 0 N–H and O–H groups in total. The van der Waals surface area contributed by atoms with Gasteiger partial charge in [-0.1, -0.05) is 17.8 Å². The molecule has 1 saturated heterocycles. The number of anilines is 1. The van der Waals surface area contributed by atoms with Crippen molar-refractivity contribution in [2.24, 2.45) is 0 Å². The van der Waals surface area contributed by atoms with E-state index in [0.29, 0.717) is 5.75 Å². The minimum absolute atomic E-state index is 0.160. The number of aromatic nitrogens is 2. The largest absolute Gasteiger partial charge is 0.497 e. The topological polar surface area (TPSA) is 58.6 Å². The van der Waals surface area contributed by atoms with E-state index < -0.39 is 0 Å². The number of rotatable bonds is 5. The Labute approximate surface area is 166 Å². The highest BCUT2D eigenvalue weighted by Gasteiger charge is 2.22. The zero-order chi connectivity index (χ0) is 18.6. The minimum atomic E-state index is 0.160. The second kappa shape index (κ2) is 8.14. The molecule has 0 spiro atoms. The van der Waals surface area contributed by atoms with Gasteiger partial charge in [-0.25, -0.2) is 9.97 Å². The Balaban J connectivity index is 1.32. The molecule has 3 heterocycles. The van der Waals surface area contributed by atoms with Crippen LogP contribution in [0.5, 0.6) is 5.75 Å². The molecule has 1 aromatic carbocycles. The van der Waals surface area contributed by atoms with Gasteiger partial charge >= 0.3 is 0 Å². The lowest BCUT2D eigenvalue weighted by molar-refractivity contribution is -0.128. The Hall–Kier alpha value is -2.32. The summed E-state index contributed by atoms with van der Waals surface area (Å²) in [5.74, 6) is 1.42. The average molecular weight is 401 g/mol. The van der Waals surface area contributed by atoms with E-state index in [2.05, 4.69) is 20.9 Å². The smallest absolute Gasteiger partial charge is 0.233 e. The Morgan fingerprint density at radius 1 is 1.22 bits per heavy atom. The van der Waals surface area contributed by atoms with Crippen LogP contribution in [0, 0.1) is 0 Å². The number of ether oxygens (including phenoxy) is 1. The zero-order valence-electron chi connectivity index (χ0n) is 15.0. The van der Waals surface area contributed by atoms with Gasteiger partial charge in [-0.2, -0.15) is 0 Å². The van der Waals surface area contributed by atoms with Gasteiger partial charge in [0.2, 0.25) is 5.91 Å². The summed E-state index contributed by atoms with van der Waals surface area (Å²) in [5, 5.41) is 3.91. The van der Waals surface area contributed by atoms with Gasteiger partial charge in [0, 0.05) is 43.3 Å². The first-order valence-corrected chi connectivity index (χ1v) is 10.6. The highest BCUT2D eigenvalue weighted by Crippen LogP contribution is 2.28. The molecule has 4 rings (SSSR count). The van der Waals surface area contributed by atoms with Crippen molar-refractivity contribution in [1.29, 1.82) is 0 Å². The van der Waals surface area contributed by atoms with E-state index in [1.807, 2.05) is 34.5 Å². The lowest BCUT2D eigenvalue weighted by Gasteiger charge is -2.36. The maximum atomic E-state index is 12.6. The van der Waals surface area contributed by atoms with Gasteiger partial charge < -0.3 is 14.5 Å². The normalized spacial score (nSPS) is 14.6. The number of methoxy groups -OCH3 is 1. The molecule has 1 aliphatic heterocycles. The Morgan fingerprint density at radius 3 is 2.89 bits per heavy atom. The quantitative estimate of drug-likeness (QED) is 0.484. The predicted octanol–water partition coefficient (Wildman–Crippen LogP) is 3.14. The average Bonchev–Trinajstić information content (AvgIpc) is 3.21.